The molecule has 0 aliphatic rings. The highest BCUT2D eigenvalue weighted by molar-refractivity contribution is 5.95. The molecule has 0 unspecified atom stereocenters. The lowest BCUT2D eigenvalue weighted by atomic mass is 10.1. The van der Waals surface area contributed by atoms with E-state index in [1.54, 1.807) is 13.0 Å². The SMILES string of the molecule is CCNCCCNC(=O)c1cc(F)ccc1C. The normalized spacial score (nSPS) is 10.3. The van der Waals surface area contributed by atoms with Crippen molar-refractivity contribution in [3.05, 3.63) is 35.1 Å². The predicted octanol–water partition coefficient (Wildman–Crippen LogP) is 1.86. The molecule has 2 N–H and O–H groups in total. The minimum absolute atomic E-state index is 0.210. The van der Waals surface area contributed by atoms with E-state index in [0.29, 0.717) is 12.1 Å². The first-order chi connectivity index (χ1) is 8.15. The summed E-state index contributed by atoms with van der Waals surface area (Å²) in [5.41, 5.74) is 1.20. The van der Waals surface area contributed by atoms with Crippen LogP contribution >= 0.6 is 0 Å². The second-order valence-corrected chi connectivity index (χ2v) is 3.92. The van der Waals surface area contributed by atoms with Crippen LogP contribution in [-0.4, -0.2) is 25.5 Å². The van der Waals surface area contributed by atoms with E-state index < -0.39 is 0 Å². The van der Waals surface area contributed by atoms with E-state index in [-0.39, 0.29) is 11.7 Å². The topological polar surface area (TPSA) is 41.1 Å². The fraction of sp³-hybridized carbons (Fsp3) is 0.462. The summed E-state index contributed by atoms with van der Waals surface area (Å²) in [6.45, 7) is 6.24. The maximum Gasteiger partial charge on any atom is 0.251 e. The van der Waals surface area contributed by atoms with Gasteiger partial charge in [0, 0.05) is 12.1 Å². The fourth-order valence-electron chi connectivity index (χ4n) is 1.53. The molecule has 0 aromatic heterocycles. The van der Waals surface area contributed by atoms with E-state index in [4.69, 9.17) is 0 Å². The summed E-state index contributed by atoms with van der Waals surface area (Å²) in [6.07, 6.45) is 0.869. The van der Waals surface area contributed by atoms with Crippen LogP contribution in [0.2, 0.25) is 0 Å². The number of halogens is 1. The van der Waals surface area contributed by atoms with Gasteiger partial charge in [-0.2, -0.15) is 0 Å². The molecule has 0 fully saturated rings. The Morgan fingerprint density at radius 3 is 2.82 bits per heavy atom. The van der Waals surface area contributed by atoms with Crippen molar-refractivity contribution in [2.45, 2.75) is 20.3 Å². The van der Waals surface area contributed by atoms with Crippen molar-refractivity contribution in [3.63, 3.8) is 0 Å². The van der Waals surface area contributed by atoms with Crippen molar-refractivity contribution in [2.75, 3.05) is 19.6 Å². The van der Waals surface area contributed by atoms with Gasteiger partial charge in [0.05, 0.1) is 0 Å². The number of carbonyl (C=O) groups is 1. The Morgan fingerprint density at radius 1 is 1.35 bits per heavy atom. The minimum Gasteiger partial charge on any atom is -0.352 e. The van der Waals surface area contributed by atoms with Crippen molar-refractivity contribution < 1.29 is 9.18 Å². The fourth-order valence-corrected chi connectivity index (χ4v) is 1.53. The van der Waals surface area contributed by atoms with E-state index >= 15 is 0 Å². The summed E-state index contributed by atoms with van der Waals surface area (Å²) in [7, 11) is 0. The van der Waals surface area contributed by atoms with E-state index in [9.17, 15) is 9.18 Å². The van der Waals surface area contributed by atoms with Gasteiger partial charge in [0.2, 0.25) is 0 Å². The van der Waals surface area contributed by atoms with Crippen LogP contribution in [0.25, 0.3) is 0 Å². The number of hydrogen-bond donors (Lipinski definition) is 2. The average molecular weight is 238 g/mol. The third-order valence-corrected chi connectivity index (χ3v) is 2.51. The highest BCUT2D eigenvalue weighted by Crippen LogP contribution is 2.09. The van der Waals surface area contributed by atoms with Crippen LogP contribution in [0.5, 0.6) is 0 Å². The lowest BCUT2D eigenvalue weighted by molar-refractivity contribution is 0.0952. The second-order valence-electron chi connectivity index (χ2n) is 3.92. The Kier molecular flexibility index (Phi) is 5.63. The third-order valence-electron chi connectivity index (χ3n) is 2.51. The van der Waals surface area contributed by atoms with Gasteiger partial charge in [-0.25, -0.2) is 4.39 Å². The van der Waals surface area contributed by atoms with Crippen molar-refractivity contribution in [1.82, 2.24) is 10.6 Å². The van der Waals surface area contributed by atoms with Crippen LogP contribution in [0.1, 0.15) is 29.3 Å². The molecule has 0 aliphatic carbocycles. The Bertz CT molecular complexity index is 380. The molecular formula is C13H19FN2O. The molecule has 1 aromatic rings. The molecule has 1 aromatic carbocycles. The highest BCUT2D eigenvalue weighted by Gasteiger charge is 2.08. The van der Waals surface area contributed by atoms with Crippen molar-refractivity contribution in [2.24, 2.45) is 0 Å². The molecule has 0 saturated heterocycles. The lowest BCUT2D eigenvalue weighted by Crippen LogP contribution is -2.27. The van der Waals surface area contributed by atoms with Gasteiger partial charge < -0.3 is 10.6 Å². The van der Waals surface area contributed by atoms with Gasteiger partial charge in [0.1, 0.15) is 5.82 Å². The number of carbonyl (C=O) groups excluding carboxylic acids is 1. The molecule has 94 valence electrons. The van der Waals surface area contributed by atoms with Crippen molar-refractivity contribution in [1.29, 1.82) is 0 Å². The predicted molar refractivity (Wildman–Crippen MR) is 66.6 cm³/mol. The first-order valence-corrected chi connectivity index (χ1v) is 5.90. The molecule has 4 heteroatoms. The van der Waals surface area contributed by atoms with Crippen molar-refractivity contribution in [3.8, 4) is 0 Å². The average Bonchev–Trinajstić information content (AvgIpc) is 2.32. The smallest absolute Gasteiger partial charge is 0.251 e. The first-order valence-electron chi connectivity index (χ1n) is 5.90. The molecule has 0 spiro atoms. The lowest BCUT2D eigenvalue weighted by Gasteiger charge is -2.08. The Hall–Kier alpha value is -1.42. The maximum atomic E-state index is 13.0. The highest BCUT2D eigenvalue weighted by atomic mass is 19.1. The van der Waals surface area contributed by atoms with E-state index in [2.05, 4.69) is 10.6 Å². The van der Waals surface area contributed by atoms with Gasteiger partial charge in [-0.3, -0.25) is 4.79 Å². The Labute approximate surface area is 101 Å². The minimum atomic E-state index is -0.381. The molecule has 1 amide bonds. The summed E-state index contributed by atoms with van der Waals surface area (Å²) in [4.78, 5) is 11.8. The number of amides is 1. The molecule has 0 saturated carbocycles. The molecule has 0 atom stereocenters. The zero-order valence-corrected chi connectivity index (χ0v) is 10.3. The summed E-state index contributed by atoms with van der Waals surface area (Å²) < 4.78 is 13.0. The molecule has 0 bridgehead atoms. The van der Waals surface area contributed by atoms with Gasteiger partial charge in [-0.1, -0.05) is 13.0 Å². The van der Waals surface area contributed by atoms with Crippen LogP contribution in [0, 0.1) is 12.7 Å². The largest absolute Gasteiger partial charge is 0.352 e. The van der Waals surface area contributed by atoms with Crippen LogP contribution in [0.3, 0.4) is 0 Å². The number of nitrogens with one attached hydrogen (secondary N) is 2. The summed E-state index contributed by atoms with van der Waals surface area (Å²) in [5.74, 6) is -0.591. The third kappa shape index (κ3) is 4.53. The van der Waals surface area contributed by atoms with E-state index in [1.165, 1.54) is 12.1 Å². The van der Waals surface area contributed by atoms with E-state index in [1.807, 2.05) is 6.92 Å². The summed E-state index contributed by atoms with van der Waals surface area (Å²) in [5, 5.41) is 5.95. The van der Waals surface area contributed by atoms with Crippen LogP contribution in [0.4, 0.5) is 4.39 Å². The molecule has 1 rings (SSSR count). The second kappa shape index (κ2) is 7.01. The van der Waals surface area contributed by atoms with Crippen LogP contribution < -0.4 is 10.6 Å². The number of rotatable bonds is 6. The molecule has 17 heavy (non-hydrogen) atoms. The van der Waals surface area contributed by atoms with Gasteiger partial charge in [-0.15, -0.1) is 0 Å². The number of aryl methyl sites for hydroxylation is 1. The maximum absolute atomic E-state index is 13.0. The zero-order chi connectivity index (χ0) is 12.7. The number of benzene rings is 1. The summed E-state index contributed by atoms with van der Waals surface area (Å²) >= 11 is 0. The van der Waals surface area contributed by atoms with Gasteiger partial charge in [-0.05, 0) is 44.1 Å². The number of hydrogen-bond acceptors (Lipinski definition) is 2. The molecule has 0 radical (unpaired) electrons. The zero-order valence-electron chi connectivity index (χ0n) is 10.3. The quantitative estimate of drug-likeness (QED) is 0.743. The Balaban J connectivity index is 2.44. The first kappa shape index (κ1) is 13.6. The van der Waals surface area contributed by atoms with Crippen LogP contribution in [-0.2, 0) is 0 Å². The molecular weight excluding hydrogens is 219 g/mol. The molecule has 0 heterocycles. The molecule has 3 nitrogen and oxygen atoms in total. The van der Waals surface area contributed by atoms with E-state index in [0.717, 1.165) is 25.1 Å². The van der Waals surface area contributed by atoms with Gasteiger partial charge in [0.25, 0.3) is 5.91 Å². The van der Waals surface area contributed by atoms with Gasteiger partial charge >= 0.3 is 0 Å². The van der Waals surface area contributed by atoms with Crippen LogP contribution in [0.15, 0.2) is 18.2 Å². The Morgan fingerprint density at radius 2 is 2.12 bits per heavy atom. The standard InChI is InChI=1S/C13H19FN2O/c1-3-15-7-4-8-16-13(17)12-9-11(14)6-5-10(12)2/h5-6,9,15H,3-4,7-8H2,1-2H3,(H,16,17). The summed E-state index contributed by atoms with van der Waals surface area (Å²) in [6, 6.07) is 4.25. The monoisotopic (exact) mass is 238 g/mol. The van der Waals surface area contributed by atoms with Crippen molar-refractivity contribution >= 4 is 5.91 Å². The molecule has 0 aliphatic heterocycles. The van der Waals surface area contributed by atoms with Gasteiger partial charge in [0.15, 0.2) is 0 Å².